The second-order valence-electron chi connectivity index (χ2n) is 8.39. The molecule has 33 heavy (non-hydrogen) atoms. The summed E-state index contributed by atoms with van der Waals surface area (Å²) in [6.45, 7) is 11.7. The number of likely N-dealkylation sites (N-methyl/N-ethyl adjacent to an activating group) is 1. The molecule has 1 atom stereocenters. The monoisotopic (exact) mass is 454 g/mol. The fraction of sp³-hybridized carbons (Fsp3) is 0.462. The Kier molecular flexibility index (Phi) is 9.57. The molecule has 0 saturated heterocycles. The number of aliphatic hydroxyl groups excluding tert-OH is 1. The van der Waals surface area contributed by atoms with E-state index in [0.29, 0.717) is 29.2 Å². The van der Waals surface area contributed by atoms with E-state index in [4.69, 9.17) is 9.73 Å². The predicted molar refractivity (Wildman–Crippen MR) is 137 cm³/mol. The molecule has 0 bridgehead atoms. The van der Waals surface area contributed by atoms with Crippen LogP contribution in [0.4, 0.5) is 5.69 Å². The average molecular weight is 455 g/mol. The van der Waals surface area contributed by atoms with Crippen molar-refractivity contribution in [1.29, 1.82) is 0 Å². The topological polar surface area (TPSA) is 77.4 Å². The van der Waals surface area contributed by atoms with Gasteiger partial charge in [0.1, 0.15) is 23.6 Å². The van der Waals surface area contributed by atoms with Gasteiger partial charge >= 0.3 is 0 Å². The molecule has 2 N–H and O–H groups in total. The van der Waals surface area contributed by atoms with Crippen LogP contribution in [0.3, 0.4) is 0 Å². The van der Waals surface area contributed by atoms with E-state index in [0.717, 1.165) is 43.5 Å². The molecule has 7 nitrogen and oxygen atoms in total. The molecule has 1 unspecified atom stereocenters. The zero-order chi connectivity index (χ0) is 24.5. The van der Waals surface area contributed by atoms with Crippen LogP contribution in [-0.4, -0.2) is 60.3 Å². The summed E-state index contributed by atoms with van der Waals surface area (Å²) in [5, 5.41) is 12.9. The fourth-order valence-electron chi connectivity index (χ4n) is 4.26. The summed E-state index contributed by atoms with van der Waals surface area (Å²) in [5.74, 6) is 1.65. The first-order valence-electron chi connectivity index (χ1n) is 11.5. The normalized spacial score (nSPS) is 15.7. The highest BCUT2D eigenvalue weighted by molar-refractivity contribution is 6.00. The van der Waals surface area contributed by atoms with Crippen LogP contribution in [0.15, 0.2) is 53.9 Å². The summed E-state index contributed by atoms with van der Waals surface area (Å²) in [5.41, 5.74) is 2.15. The molecule has 1 saturated carbocycles. The highest BCUT2D eigenvalue weighted by atomic mass is 16.5. The second-order valence-corrected chi connectivity index (χ2v) is 8.39. The number of carbonyl (C=O) groups excluding carboxylic acids is 1. The first-order valence-corrected chi connectivity index (χ1v) is 11.5. The van der Waals surface area contributed by atoms with Crippen LogP contribution >= 0.6 is 0 Å². The van der Waals surface area contributed by atoms with Crippen molar-refractivity contribution in [2.45, 2.75) is 58.0 Å². The predicted octanol–water partition coefficient (Wildman–Crippen LogP) is 5.19. The van der Waals surface area contributed by atoms with Crippen molar-refractivity contribution >= 4 is 23.6 Å². The summed E-state index contributed by atoms with van der Waals surface area (Å²) in [4.78, 5) is 21.1. The Morgan fingerprint density at radius 3 is 2.48 bits per heavy atom. The number of aliphatic imine (C=N–C) groups is 1. The highest BCUT2D eigenvalue weighted by Crippen LogP contribution is 2.31. The Morgan fingerprint density at radius 2 is 2.00 bits per heavy atom. The molecule has 1 aliphatic rings. The van der Waals surface area contributed by atoms with Crippen LogP contribution in [0.2, 0.25) is 0 Å². The number of methoxy groups -OCH3 is 1. The van der Waals surface area contributed by atoms with E-state index in [9.17, 15) is 9.90 Å². The molecule has 1 fully saturated rings. The lowest BCUT2D eigenvalue weighted by Gasteiger charge is -2.38. The van der Waals surface area contributed by atoms with Crippen molar-refractivity contribution in [3.63, 3.8) is 0 Å². The van der Waals surface area contributed by atoms with Crippen LogP contribution in [-0.2, 0) is 4.79 Å². The van der Waals surface area contributed by atoms with E-state index in [1.807, 2.05) is 38.9 Å². The Hall–Kier alpha value is -3.22. The number of nitrogens with zero attached hydrogens (tertiary/aromatic N) is 3. The van der Waals surface area contributed by atoms with Gasteiger partial charge in [0.2, 0.25) is 0 Å². The van der Waals surface area contributed by atoms with Gasteiger partial charge in [-0.3, -0.25) is 0 Å². The molecule has 0 amide bonds. The lowest BCUT2D eigenvalue weighted by atomic mass is 10.1. The lowest BCUT2D eigenvalue weighted by molar-refractivity contribution is -0.111. The Labute approximate surface area is 198 Å². The third kappa shape index (κ3) is 6.40. The smallest absolute Gasteiger partial charge is 0.155 e. The maximum absolute atomic E-state index is 12.1. The van der Waals surface area contributed by atoms with Crippen molar-refractivity contribution in [3.8, 4) is 5.75 Å². The first kappa shape index (κ1) is 26.0. The molecular weight excluding hydrogens is 416 g/mol. The number of hydrogen-bond acceptors (Lipinski definition) is 6. The molecule has 1 aromatic carbocycles. The molecule has 1 aliphatic carbocycles. The minimum atomic E-state index is -0.265. The third-order valence-corrected chi connectivity index (χ3v) is 5.93. The zero-order valence-corrected chi connectivity index (χ0v) is 20.6. The van der Waals surface area contributed by atoms with Gasteiger partial charge in [-0.15, -0.1) is 0 Å². The van der Waals surface area contributed by atoms with Gasteiger partial charge in [0, 0.05) is 25.7 Å². The van der Waals surface area contributed by atoms with Gasteiger partial charge in [-0.2, -0.15) is 0 Å². The summed E-state index contributed by atoms with van der Waals surface area (Å²) in [6, 6.07) is 5.22. The Morgan fingerprint density at radius 1 is 1.33 bits per heavy atom. The minimum Gasteiger partial charge on any atom is -0.508 e. The van der Waals surface area contributed by atoms with Crippen LogP contribution in [0.25, 0.3) is 5.76 Å². The Bertz CT molecular complexity index is 914. The van der Waals surface area contributed by atoms with E-state index in [1.165, 1.54) is 0 Å². The number of benzene rings is 1. The standard InChI is InChI=1S/C26H38N4O3/c1-8-21(17-31)30(22-12-10-11-13-22)26(24(9-2)29(5)6)28-19(4)27-23-15-14-20(18(3)32)16-25(23)33-7/h9,14-17,21-22,27,32H,3-4,8,10-13H2,1-2,5-7H3/b24-9+,28-26+. The van der Waals surface area contributed by atoms with Gasteiger partial charge in [0.25, 0.3) is 0 Å². The number of allylic oxidation sites excluding steroid dienone is 1. The fourth-order valence-corrected chi connectivity index (χ4v) is 4.26. The molecule has 2 rings (SSSR count). The summed E-state index contributed by atoms with van der Waals surface area (Å²) >= 11 is 0. The number of rotatable bonds is 11. The SMILES string of the molecule is C=C(/N=C(\C(=C/C)N(C)C)N(C(C=O)CC)C1CCCC1)Nc1ccc(C(=C)O)cc1OC. The maximum Gasteiger partial charge on any atom is 0.155 e. The lowest BCUT2D eigenvalue weighted by Crippen LogP contribution is -2.49. The molecular formula is C26H38N4O3. The quantitative estimate of drug-likeness (QED) is 0.207. The van der Waals surface area contributed by atoms with Gasteiger partial charge in [-0.1, -0.05) is 39.0 Å². The van der Waals surface area contributed by atoms with Crippen molar-refractivity contribution < 1.29 is 14.6 Å². The number of ether oxygens (including phenoxy) is 1. The van der Waals surface area contributed by atoms with Crippen LogP contribution < -0.4 is 10.1 Å². The van der Waals surface area contributed by atoms with Crippen LogP contribution in [0, 0.1) is 0 Å². The largest absolute Gasteiger partial charge is 0.508 e. The van der Waals surface area contributed by atoms with Gasteiger partial charge in [0.15, 0.2) is 5.84 Å². The number of aldehydes is 1. The molecule has 1 aromatic rings. The maximum atomic E-state index is 12.1. The number of carbonyl (C=O) groups is 1. The molecule has 0 spiro atoms. The number of aliphatic hydroxyl groups is 1. The van der Waals surface area contributed by atoms with Gasteiger partial charge < -0.3 is 29.8 Å². The molecule has 0 aliphatic heterocycles. The van der Waals surface area contributed by atoms with Gasteiger partial charge in [-0.25, -0.2) is 4.99 Å². The van der Waals surface area contributed by atoms with Crippen molar-refractivity contribution in [3.05, 3.63) is 54.5 Å². The average Bonchev–Trinajstić information content (AvgIpc) is 3.31. The van der Waals surface area contributed by atoms with Crippen molar-refractivity contribution in [1.82, 2.24) is 9.80 Å². The van der Waals surface area contributed by atoms with E-state index < -0.39 is 0 Å². The molecule has 0 heterocycles. The molecule has 7 heteroatoms. The Balaban J connectivity index is 2.50. The molecule has 180 valence electrons. The van der Waals surface area contributed by atoms with Gasteiger partial charge in [0.05, 0.1) is 24.5 Å². The van der Waals surface area contributed by atoms with E-state index in [2.05, 4.69) is 23.4 Å². The summed E-state index contributed by atoms with van der Waals surface area (Å²) in [6.07, 6.45) is 8.10. The highest BCUT2D eigenvalue weighted by Gasteiger charge is 2.32. The van der Waals surface area contributed by atoms with E-state index in [1.54, 1.807) is 25.3 Å². The van der Waals surface area contributed by atoms with Crippen LogP contribution in [0.5, 0.6) is 5.75 Å². The van der Waals surface area contributed by atoms with Crippen LogP contribution in [0.1, 0.15) is 51.5 Å². The number of hydrogen-bond donors (Lipinski definition) is 2. The van der Waals surface area contributed by atoms with Crippen molar-refractivity contribution in [2.24, 2.45) is 4.99 Å². The molecule has 0 aromatic heterocycles. The number of amidine groups is 1. The third-order valence-electron chi connectivity index (χ3n) is 5.93. The number of nitrogens with one attached hydrogen (secondary N) is 1. The van der Waals surface area contributed by atoms with E-state index in [-0.39, 0.29) is 17.8 Å². The van der Waals surface area contributed by atoms with Crippen molar-refractivity contribution in [2.75, 3.05) is 26.5 Å². The first-order chi connectivity index (χ1) is 15.8. The minimum absolute atomic E-state index is 0.0330. The van der Waals surface area contributed by atoms with E-state index >= 15 is 0 Å². The zero-order valence-electron chi connectivity index (χ0n) is 20.6. The second kappa shape index (κ2) is 12.1. The summed E-state index contributed by atoms with van der Waals surface area (Å²) < 4.78 is 5.47. The summed E-state index contributed by atoms with van der Waals surface area (Å²) in [7, 11) is 5.50. The van der Waals surface area contributed by atoms with Gasteiger partial charge in [-0.05, 0) is 44.4 Å². The number of anilines is 1. The molecule has 0 radical (unpaired) electrons.